The SMILES string of the molecule is CC(NC(=O)/C=C/c1ccc(N)cc1)C1CC1. The van der Waals surface area contributed by atoms with Gasteiger partial charge in [-0.25, -0.2) is 0 Å². The molecular weight excluding hydrogens is 212 g/mol. The number of nitrogen functional groups attached to an aromatic ring is 1. The molecule has 1 amide bonds. The average Bonchev–Trinajstić information content (AvgIpc) is 3.12. The van der Waals surface area contributed by atoms with Gasteiger partial charge >= 0.3 is 0 Å². The highest BCUT2D eigenvalue weighted by molar-refractivity contribution is 5.91. The zero-order chi connectivity index (χ0) is 12.3. The number of hydrogen-bond donors (Lipinski definition) is 2. The summed E-state index contributed by atoms with van der Waals surface area (Å²) in [7, 11) is 0. The molecule has 3 N–H and O–H groups in total. The number of carbonyl (C=O) groups is 1. The Labute approximate surface area is 102 Å². The highest BCUT2D eigenvalue weighted by atomic mass is 16.1. The van der Waals surface area contributed by atoms with Crippen LogP contribution in [0.4, 0.5) is 5.69 Å². The number of benzene rings is 1. The fraction of sp³-hybridized carbons (Fsp3) is 0.357. The van der Waals surface area contributed by atoms with Crippen LogP contribution in [0, 0.1) is 5.92 Å². The molecule has 1 atom stereocenters. The highest BCUT2D eigenvalue weighted by Crippen LogP contribution is 2.32. The van der Waals surface area contributed by atoms with Crippen molar-refractivity contribution in [3.63, 3.8) is 0 Å². The van der Waals surface area contributed by atoms with Gasteiger partial charge in [-0.2, -0.15) is 0 Å². The van der Waals surface area contributed by atoms with Crippen LogP contribution in [0.2, 0.25) is 0 Å². The minimum absolute atomic E-state index is 0.0266. The summed E-state index contributed by atoms with van der Waals surface area (Å²) in [5.41, 5.74) is 7.30. The predicted molar refractivity (Wildman–Crippen MR) is 70.2 cm³/mol. The van der Waals surface area contributed by atoms with E-state index in [2.05, 4.69) is 12.2 Å². The molecule has 1 aromatic rings. The zero-order valence-electron chi connectivity index (χ0n) is 10.0. The Bertz CT molecular complexity index is 418. The monoisotopic (exact) mass is 230 g/mol. The number of nitrogens with two attached hydrogens (primary N) is 1. The van der Waals surface area contributed by atoms with Crippen molar-refractivity contribution in [3.05, 3.63) is 35.9 Å². The van der Waals surface area contributed by atoms with E-state index in [1.807, 2.05) is 24.3 Å². The van der Waals surface area contributed by atoms with Crippen LogP contribution < -0.4 is 11.1 Å². The summed E-state index contributed by atoms with van der Waals surface area (Å²) in [4.78, 5) is 11.6. The first-order chi connectivity index (χ1) is 8.15. The van der Waals surface area contributed by atoms with Crippen molar-refractivity contribution < 1.29 is 4.79 Å². The van der Waals surface area contributed by atoms with Crippen molar-refractivity contribution >= 4 is 17.7 Å². The Kier molecular flexibility index (Phi) is 3.47. The fourth-order valence-electron chi connectivity index (χ4n) is 1.77. The highest BCUT2D eigenvalue weighted by Gasteiger charge is 2.28. The van der Waals surface area contributed by atoms with E-state index in [-0.39, 0.29) is 5.91 Å². The van der Waals surface area contributed by atoms with Crippen LogP contribution in [0.15, 0.2) is 30.3 Å². The third kappa shape index (κ3) is 3.63. The number of carbonyl (C=O) groups excluding carboxylic acids is 1. The Morgan fingerprint density at radius 3 is 2.65 bits per heavy atom. The van der Waals surface area contributed by atoms with Gasteiger partial charge < -0.3 is 11.1 Å². The molecule has 1 saturated carbocycles. The summed E-state index contributed by atoms with van der Waals surface area (Å²) in [5.74, 6) is 0.657. The molecular formula is C14H18N2O. The predicted octanol–water partition coefficient (Wildman–Crippen LogP) is 2.20. The average molecular weight is 230 g/mol. The van der Waals surface area contributed by atoms with Gasteiger partial charge in [-0.15, -0.1) is 0 Å². The first-order valence-electron chi connectivity index (χ1n) is 5.99. The van der Waals surface area contributed by atoms with E-state index in [0.717, 1.165) is 11.3 Å². The number of rotatable bonds is 4. The van der Waals surface area contributed by atoms with Crippen LogP contribution in [-0.4, -0.2) is 11.9 Å². The van der Waals surface area contributed by atoms with Crippen LogP contribution in [0.5, 0.6) is 0 Å². The van der Waals surface area contributed by atoms with E-state index in [1.54, 1.807) is 12.2 Å². The molecule has 1 aromatic carbocycles. The van der Waals surface area contributed by atoms with E-state index >= 15 is 0 Å². The molecule has 3 nitrogen and oxygen atoms in total. The molecule has 90 valence electrons. The van der Waals surface area contributed by atoms with Gasteiger partial charge in [0.2, 0.25) is 5.91 Å². The van der Waals surface area contributed by atoms with Crippen molar-refractivity contribution in [2.45, 2.75) is 25.8 Å². The Balaban J connectivity index is 1.86. The van der Waals surface area contributed by atoms with Crippen LogP contribution in [0.25, 0.3) is 6.08 Å². The van der Waals surface area contributed by atoms with Gasteiger partial charge in [-0.3, -0.25) is 4.79 Å². The second kappa shape index (κ2) is 5.04. The molecule has 0 aromatic heterocycles. The number of hydrogen-bond acceptors (Lipinski definition) is 2. The maximum absolute atomic E-state index is 11.6. The van der Waals surface area contributed by atoms with Crippen LogP contribution >= 0.6 is 0 Å². The van der Waals surface area contributed by atoms with Crippen molar-refractivity contribution in [2.75, 3.05) is 5.73 Å². The third-order valence-electron chi connectivity index (χ3n) is 3.06. The van der Waals surface area contributed by atoms with Crippen LogP contribution in [-0.2, 0) is 4.79 Å². The number of nitrogens with one attached hydrogen (secondary N) is 1. The molecule has 1 aliphatic rings. The van der Waals surface area contributed by atoms with Gasteiger partial charge in [-0.1, -0.05) is 12.1 Å². The lowest BCUT2D eigenvalue weighted by Crippen LogP contribution is -2.32. The zero-order valence-corrected chi connectivity index (χ0v) is 10.0. The van der Waals surface area contributed by atoms with Gasteiger partial charge in [0.25, 0.3) is 0 Å². The minimum Gasteiger partial charge on any atom is -0.399 e. The van der Waals surface area contributed by atoms with Crippen molar-refractivity contribution in [1.82, 2.24) is 5.32 Å². The first-order valence-corrected chi connectivity index (χ1v) is 5.99. The van der Waals surface area contributed by atoms with Crippen LogP contribution in [0.3, 0.4) is 0 Å². The second-order valence-corrected chi connectivity index (χ2v) is 4.63. The maximum atomic E-state index is 11.6. The van der Waals surface area contributed by atoms with Crippen molar-refractivity contribution in [2.24, 2.45) is 5.92 Å². The van der Waals surface area contributed by atoms with Crippen LogP contribution in [0.1, 0.15) is 25.3 Å². The van der Waals surface area contributed by atoms with Gasteiger partial charge in [0.05, 0.1) is 0 Å². The number of anilines is 1. The molecule has 0 aliphatic heterocycles. The summed E-state index contributed by atoms with van der Waals surface area (Å²) in [6.07, 6.45) is 5.85. The smallest absolute Gasteiger partial charge is 0.244 e. The van der Waals surface area contributed by atoms with E-state index in [4.69, 9.17) is 5.73 Å². The molecule has 1 aliphatic carbocycles. The Hall–Kier alpha value is -1.77. The standard InChI is InChI=1S/C14H18N2O/c1-10(12-5-6-12)16-14(17)9-4-11-2-7-13(15)8-3-11/h2-4,7-10,12H,5-6,15H2,1H3,(H,16,17)/b9-4+. The maximum Gasteiger partial charge on any atom is 0.244 e. The topological polar surface area (TPSA) is 55.1 Å². The summed E-state index contributed by atoms with van der Waals surface area (Å²) in [6.45, 7) is 2.06. The summed E-state index contributed by atoms with van der Waals surface area (Å²) in [6, 6.07) is 7.72. The molecule has 0 radical (unpaired) electrons. The van der Waals surface area contributed by atoms with E-state index in [1.165, 1.54) is 12.8 Å². The third-order valence-corrected chi connectivity index (χ3v) is 3.06. The molecule has 2 rings (SSSR count). The molecule has 1 unspecified atom stereocenters. The van der Waals surface area contributed by atoms with Crippen molar-refractivity contribution in [3.8, 4) is 0 Å². The van der Waals surface area contributed by atoms with E-state index in [9.17, 15) is 4.79 Å². The molecule has 3 heteroatoms. The molecule has 17 heavy (non-hydrogen) atoms. The summed E-state index contributed by atoms with van der Waals surface area (Å²) >= 11 is 0. The lowest BCUT2D eigenvalue weighted by atomic mass is 10.2. The minimum atomic E-state index is -0.0266. The Morgan fingerprint density at radius 1 is 1.41 bits per heavy atom. The normalized spacial score (nSPS) is 17.0. The summed E-state index contributed by atoms with van der Waals surface area (Å²) in [5, 5.41) is 2.97. The first kappa shape index (κ1) is 11.7. The molecule has 1 fully saturated rings. The lowest BCUT2D eigenvalue weighted by molar-refractivity contribution is -0.117. The van der Waals surface area contributed by atoms with Crippen molar-refractivity contribution in [1.29, 1.82) is 0 Å². The van der Waals surface area contributed by atoms with Gasteiger partial charge in [0.1, 0.15) is 0 Å². The summed E-state index contributed by atoms with van der Waals surface area (Å²) < 4.78 is 0. The molecule has 0 spiro atoms. The fourth-order valence-corrected chi connectivity index (χ4v) is 1.77. The van der Waals surface area contributed by atoms with Gasteiger partial charge in [0.15, 0.2) is 0 Å². The molecule has 0 heterocycles. The van der Waals surface area contributed by atoms with Gasteiger partial charge in [-0.05, 0) is 49.5 Å². The lowest BCUT2D eigenvalue weighted by Gasteiger charge is -2.10. The molecule has 0 bridgehead atoms. The van der Waals surface area contributed by atoms with E-state index < -0.39 is 0 Å². The second-order valence-electron chi connectivity index (χ2n) is 4.63. The molecule has 0 saturated heterocycles. The van der Waals surface area contributed by atoms with E-state index in [0.29, 0.717) is 12.0 Å². The quantitative estimate of drug-likeness (QED) is 0.615. The Morgan fingerprint density at radius 2 is 2.06 bits per heavy atom. The van der Waals surface area contributed by atoms with Gasteiger partial charge in [0, 0.05) is 17.8 Å². The largest absolute Gasteiger partial charge is 0.399 e. The number of amides is 1.